The first-order valence-corrected chi connectivity index (χ1v) is 21.7. The molecule has 2 aliphatic heterocycles. The van der Waals surface area contributed by atoms with Gasteiger partial charge >= 0.3 is 0 Å². The van der Waals surface area contributed by atoms with Gasteiger partial charge in [-0.15, -0.1) is 0 Å². The molecule has 2 amide bonds. The van der Waals surface area contributed by atoms with Crippen molar-refractivity contribution >= 4 is 57.6 Å². The van der Waals surface area contributed by atoms with Crippen LogP contribution in [0.5, 0.6) is 0 Å². The van der Waals surface area contributed by atoms with Gasteiger partial charge in [0.1, 0.15) is 5.82 Å². The highest BCUT2D eigenvalue weighted by Crippen LogP contribution is 2.45. The summed E-state index contributed by atoms with van der Waals surface area (Å²) in [6, 6.07) is 20.3. The average Bonchev–Trinajstić information content (AvgIpc) is 3.55. The molecule has 8 rings (SSSR count). The Labute approximate surface area is 359 Å². The number of methoxy groups -OCH3 is 3. The number of carbonyl (C=O) groups excluding carboxylic acids is 2. The van der Waals surface area contributed by atoms with Gasteiger partial charge < -0.3 is 39.1 Å². The molecule has 14 heteroatoms. The molecule has 1 N–H and O–H groups in total. The smallest absolute Gasteiger partial charge is 0.230 e. The summed E-state index contributed by atoms with van der Waals surface area (Å²) in [4.78, 5) is 54.1. The first-order valence-electron chi connectivity index (χ1n) is 21.7. The molecule has 4 aromatic rings. The zero-order chi connectivity index (χ0) is 42.5. The third kappa shape index (κ3) is 9.18. The van der Waals surface area contributed by atoms with Gasteiger partial charge in [0.2, 0.25) is 11.8 Å². The number of rotatable bonds is 13. The van der Waals surface area contributed by atoms with Crippen LogP contribution in [0, 0.1) is 11.8 Å². The maximum Gasteiger partial charge on any atom is 0.230 e. The highest BCUT2D eigenvalue weighted by atomic mass is 16.7. The normalized spacial score (nSPS) is 20.9. The van der Waals surface area contributed by atoms with Crippen LogP contribution >= 0.6 is 0 Å². The van der Waals surface area contributed by atoms with E-state index in [1.165, 1.54) is 0 Å². The first kappa shape index (κ1) is 42.4. The molecule has 2 saturated carbocycles. The van der Waals surface area contributed by atoms with E-state index in [0.717, 1.165) is 83.3 Å². The Bertz CT molecular complexity index is 2160. The van der Waals surface area contributed by atoms with E-state index in [1.807, 2.05) is 65.4 Å². The SMILES string of the molecule is COCCN(C)c1ccc2c(c1)N(C(=O)[C@H]1CC[C@@H](ON3c4ccc(N(C)CCOC)cc4N(C(=O)[C@H]4CC[C@H](OC)CC4)Cc4cccnc43)CC1)Cc1cccnc1N2. The van der Waals surface area contributed by atoms with Crippen LogP contribution in [0.4, 0.5) is 45.8 Å². The van der Waals surface area contributed by atoms with E-state index in [0.29, 0.717) is 64.3 Å². The Balaban J connectivity index is 1.05. The summed E-state index contributed by atoms with van der Waals surface area (Å²) in [5, 5.41) is 5.36. The number of fused-ring (bicyclic) bond motifs is 4. The number of nitrogens with zero attached hydrogens (tertiary/aromatic N) is 7. The summed E-state index contributed by atoms with van der Waals surface area (Å²) >= 11 is 0. The van der Waals surface area contributed by atoms with Crippen LogP contribution in [-0.4, -0.2) is 95.7 Å². The summed E-state index contributed by atoms with van der Waals surface area (Å²) in [6.45, 7) is 3.39. The predicted octanol–water partition coefficient (Wildman–Crippen LogP) is 7.61. The van der Waals surface area contributed by atoms with Gasteiger partial charge in [-0.3, -0.25) is 14.4 Å². The molecule has 0 saturated heterocycles. The van der Waals surface area contributed by atoms with Crippen LogP contribution in [0.25, 0.3) is 0 Å². The van der Waals surface area contributed by atoms with Crippen molar-refractivity contribution in [3.05, 3.63) is 84.2 Å². The summed E-state index contributed by atoms with van der Waals surface area (Å²) in [5.41, 5.74) is 7.10. The molecule has 0 spiro atoms. The second kappa shape index (κ2) is 19.2. The molecule has 14 nitrogen and oxygen atoms in total. The van der Waals surface area contributed by atoms with Gasteiger partial charge in [0.25, 0.3) is 0 Å². The quantitative estimate of drug-likeness (QED) is 0.143. The molecule has 2 fully saturated rings. The largest absolute Gasteiger partial charge is 0.383 e. The van der Waals surface area contributed by atoms with Crippen LogP contribution in [0.15, 0.2) is 73.1 Å². The summed E-state index contributed by atoms with van der Waals surface area (Å²) in [7, 11) is 9.24. The molecule has 0 unspecified atom stereocenters. The Kier molecular flexibility index (Phi) is 13.3. The molecule has 0 bridgehead atoms. The van der Waals surface area contributed by atoms with E-state index in [-0.39, 0.29) is 35.9 Å². The highest BCUT2D eigenvalue weighted by Gasteiger charge is 2.38. The zero-order valence-electron chi connectivity index (χ0n) is 36.2. The summed E-state index contributed by atoms with van der Waals surface area (Å²) in [5.74, 6) is 1.36. The molecular formula is C47H60N8O6. The molecule has 4 aliphatic rings. The van der Waals surface area contributed by atoms with Gasteiger partial charge in [-0.25, -0.2) is 15.0 Å². The van der Waals surface area contributed by atoms with Crippen molar-refractivity contribution in [3.8, 4) is 0 Å². The molecule has 61 heavy (non-hydrogen) atoms. The van der Waals surface area contributed by atoms with E-state index in [1.54, 1.807) is 33.7 Å². The van der Waals surface area contributed by atoms with Gasteiger partial charge in [-0.2, -0.15) is 0 Å². The molecule has 324 valence electrons. The average molecular weight is 833 g/mol. The number of ether oxygens (including phenoxy) is 3. The van der Waals surface area contributed by atoms with Crippen LogP contribution in [0.3, 0.4) is 0 Å². The molecular weight excluding hydrogens is 773 g/mol. The highest BCUT2D eigenvalue weighted by molar-refractivity contribution is 6.01. The number of carbonyl (C=O) groups is 2. The number of aromatic nitrogens is 2. The monoisotopic (exact) mass is 832 g/mol. The molecule has 4 heterocycles. The Morgan fingerprint density at radius 3 is 1.87 bits per heavy atom. The number of hydrogen-bond donors (Lipinski definition) is 1. The fourth-order valence-electron chi connectivity index (χ4n) is 9.16. The number of anilines is 8. The van der Waals surface area contributed by atoms with Gasteiger partial charge in [-0.05, 0) is 99.9 Å². The van der Waals surface area contributed by atoms with Crippen LogP contribution < -0.4 is 30.0 Å². The van der Waals surface area contributed by atoms with Gasteiger partial charge in [0.05, 0.1) is 61.3 Å². The van der Waals surface area contributed by atoms with Crippen molar-refractivity contribution in [1.29, 1.82) is 0 Å². The molecule has 2 aromatic heterocycles. The molecule has 2 aromatic carbocycles. The second-order valence-corrected chi connectivity index (χ2v) is 16.8. The third-order valence-electron chi connectivity index (χ3n) is 12.9. The van der Waals surface area contributed by atoms with Crippen molar-refractivity contribution in [2.75, 3.05) is 91.7 Å². The van der Waals surface area contributed by atoms with E-state index < -0.39 is 0 Å². The van der Waals surface area contributed by atoms with Crippen molar-refractivity contribution in [3.63, 3.8) is 0 Å². The standard InChI is InChI=1S/C47H60N8O6/c1-51(24-26-58-3)36-14-20-40-42(28-36)53(30-34-8-6-22-48-44(34)50-40)46(56)33-12-18-39(19-13-33)61-55-41-21-15-37(52(2)25-27-59-4)29-43(41)54(31-35-9-7-23-49-45(35)55)47(57)32-10-16-38(60-5)17-11-32/h6-9,14-15,20-23,28-29,32-33,38-39H,10-13,16-19,24-27,30-31H2,1-5H3,(H,48,50)/t32-,33-,38-,39+. The lowest BCUT2D eigenvalue weighted by Crippen LogP contribution is -2.39. The molecule has 0 radical (unpaired) electrons. The van der Waals surface area contributed by atoms with Crippen molar-refractivity contribution in [2.45, 2.75) is 76.7 Å². The van der Waals surface area contributed by atoms with E-state index >= 15 is 0 Å². The lowest BCUT2D eigenvalue weighted by atomic mass is 9.86. The van der Waals surface area contributed by atoms with Crippen molar-refractivity contribution in [2.24, 2.45) is 11.8 Å². The fourth-order valence-corrected chi connectivity index (χ4v) is 9.16. The van der Waals surface area contributed by atoms with Crippen LogP contribution in [0.2, 0.25) is 0 Å². The van der Waals surface area contributed by atoms with Gasteiger partial charge in [-0.1, -0.05) is 12.1 Å². The van der Waals surface area contributed by atoms with E-state index in [9.17, 15) is 9.59 Å². The summed E-state index contributed by atoms with van der Waals surface area (Å²) < 4.78 is 16.4. The number of nitrogens with one attached hydrogen (secondary N) is 1. The maximum absolute atomic E-state index is 14.7. The minimum atomic E-state index is -0.186. The minimum Gasteiger partial charge on any atom is -0.383 e. The fraction of sp³-hybridized carbons (Fsp3) is 0.489. The predicted molar refractivity (Wildman–Crippen MR) is 239 cm³/mol. The van der Waals surface area contributed by atoms with Crippen molar-refractivity contribution in [1.82, 2.24) is 9.97 Å². The number of likely N-dealkylation sites (N-methyl/N-ethyl adjacent to an activating group) is 2. The lowest BCUT2D eigenvalue weighted by molar-refractivity contribution is -0.125. The topological polar surface area (TPSA) is 125 Å². The third-order valence-corrected chi connectivity index (χ3v) is 12.9. The van der Waals surface area contributed by atoms with Crippen LogP contribution in [-0.2, 0) is 41.7 Å². The summed E-state index contributed by atoms with van der Waals surface area (Å²) in [6.07, 6.45) is 9.59. The second-order valence-electron chi connectivity index (χ2n) is 16.8. The van der Waals surface area contributed by atoms with E-state index in [2.05, 4.69) is 44.4 Å². The Morgan fingerprint density at radius 1 is 0.672 bits per heavy atom. The van der Waals surface area contributed by atoms with Gasteiger partial charge in [0.15, 0.2) is 5.82 Å². The van der Waals surface area contributed by atoms with Gasteiger partial charge in [0, 0.05) is 95.2 Å². The van der Waals surface area contributed by atoms with Crippen LogP contribution in [0.1, 0.15) is 62.5 Å². The number of pyridine rings is 2. The molecule has 2 aliphatic carbocycles. The van der Waals surface area contributed by atoms with E-state index in [4.69, 9.17) is 24.0 Å². The first-order chi connectivity index (χ1) is 29.8. The Morgan fingerprint density at radius 2 is 1.23 bits per heavy atom. The van der Waals surface area contributed by atoms with Crippen molar-refractivity contribution < 1.29 is 28.6 Å². The number of hydrogen-bond acceptors (Lipinski definition) is 12. The Hall–Kier alpha value is -5.28. The maximum atomic E-state index is 14.7. The number of amides is 2. The molecule has 0 atom stereocenters. The minimum absolute atomic E-state index is 0.0980. The number of benzene rings is 2. The zero-order valence-corrected chi connectivity index (χ0v) is 36.2. The lowest BCUT2D eigenvalue weighted by Gasteiger charge is -2.35.